The molecule has 1 aromatic heterocycles. The Morgan fingerprint density at radius 3 is 3.00 bits per heavy atom. The lowest BCUT2D eigenvalue weighted by atomic mass is 10.2. The number of rotatable bonds is 5. The summed E-state index contributed by atoms with van der Waals surface area (Å²) < 4.78 is 22.8. The lowest BCUT2D eigenvalue weighted by Gasteiger charge is -2.21. The molecular weight excluding hydrogens is 343 g/mol. The SMILES string of the molecule is COCCc1nsc(N2CCCN(C(=O)c3cccc(F)c3)CC2)n1. The Balaban J connectivity index is 1.62. The first-order valence-electron chi connectivity index (χ1n) is 8.28. The second-order valence-corrected chi connectivity index (χ2v) is 6.61. The molecule has 6 nitrogen and oxygen atoms in total. The number of amides is 1. The second kappa shape index (κ2) is 8.35. The summed E-state index contributed by atoms with van der Waals surface area (Å²) in [5, 5.41) is 0.881. The van der Waals surface area contributed by atoms with Gasteiger partial charge in [0.05, 0.1) is 6.61 Å². The van der Waals surface area contributed by atoms with E-state index in [-0.39, 0.29) is 11.7 Å². The molecule has 134 valence electrons. The standard InChI is InChI=1S/C17H21FN4O2S/c1-24-11-6-15-19-17(25-20-15)22-8-3-7-21(9-10-22)16(23)13-4-2-5-14(18)12-13/h2,4-5,12H,3,6-11H2,1H3. The summed E-state index contributed by atoms with van der Waals surface area (Å²) in [6.45, 7) is 3.36. The number of methoxy groups -OCH3 is 1. The third-order valence-electron chi connectivity index (χ3n) is 4.11. The maximum absolute atomic E-state index is 13.3. The van der Waals surface area contributed by atoms with Crippen molar-refractivity contribution in [1.29, 1.82) is 0 Å². The van der Waals surface area contributed by atoms with E-state index in [2.05, 4.69) is 14.3 Å². The van der Waals surface area contributed by atoms with Gasteiger partial charge in [0.15, 0.2) is 0 Å². The monoisotopic (exact) mass is 364 g/mol. The van der Waals surface area contributed by atoms with Crippen molar-refractivity contribution in [3.8, 4) is 0 Å². The maximum Gasteiger partial charge on any atom is 0.254 e. The van der Waals surface area contributed by atoms with Gasteiger partial charge >= 0.3 is 0 Å². The molecule has 0 saturated carbocycles. The van der Waals surface area contributed by atoms with E-state index in [0.717, 1.165) is 23.9 Å². The van der Waals surface area contributed by atoms with Gasteiger partial charge in [0.1, 0.15) is 11.6 Å². The van der Waals surface area contributed by atoms with Gasteiger partial charge in [0.25, 0.3) is 5.91 Å². The normalized spacial score (nSPS) is 15.3. The molecule has 0 unspecified atom stereocenters. The number of nitrogens with zero attached hydrogens (tertiary/aromatic N) is 4. The number of benzene rings is 1. The van der Waals surface area contributed by atoms with Crippen molar-refractivity contribution in [3.63, 3.8) is 0 Å². The first kappa shape index (κ1) is 17.8. The third-order valence-corrected chi connectivity index (χ3v) is 4.93. The Labute approximate surface area is 150 Å². The van der Waals surface area contributed by atoms with Crippen LogP contribution in [0.4, 0.5) is 9.52 Å². The van der Waals surface area contributed by atoms with E-state index in [1.807, 2.05) is 0 Å². The average molecular weight is 364 g/mol. The van der Waals surface area contributed by atoms with Crippen molar-refractivity contribution >= 4 is 22.6 Å². The zero-order chi connectivity index (χ0) is 17.6. The third kappa shape index (κ3) is 4.52. The Morgan fingerprint density at radius 1 is 1.32 bits per heavy atom. The molecule has 0 N–H and O–H groups in total. The smallest absolute Gasteiger partial charge is 0.254 e. The van der Waals surface area contributed by atoms with Crippen LogP contribution in [0.1, 0.15) is 22.6 Å². The van der Waals surface area contributed by atoms with E-state index >= 15 is 0 Å². The summed E-state index contributed by atoms with van der Waals surface area (Å²) in [5.41, 5.74) is 0.395. The molecule has 1 aliphatic rings. The number of halogens is 1. The van der Waals surface area contributed by atoms with Gasteiger partial charge in [0.2, 0.25) is 5.13 Å². The molecule has 8 heteroatoms. The van der Waals surface area contributed by atoms with Crippen molar-refractivity contribution < 1.29 is 13.9 Å². The summed E-state index contributed by atoms with van der Waals surface area (Å²) >= 11 is 1.38. The molecule has 1 fully saturated rings. The summed E-state index contributed by atoms with van der Waals surface area (Å²) in [5.74, 6) is 0.276. The summed E-state index contributed by atoms with van der Waals surface area (Å²) in [6.07, 6.45) is 1.54. The predicted molar refractivity (Wildman–Crippen MR) is 94.6 cm³/mol. The van der Waals surface area contributed by atoms with Gasteiger partial charge in [0, 0.05) is 56.8 Å². The number of hydrogen-bond acceptors (Lipinski definition) is 6. The second-order valence-electron chi connectivity index (χ2n) is 5.88. The Kier molecular flexibility index (Phi) is 5.93. The average Bonchev–Trinajstić information content (AvgIpc) is 2.95. The van der Waals surface area contributed by atoms with Crippen LogP contribution in [0.3, 0.4) is 0 Å². The van der Waals surface area contributed by atoms with Crippen LogP contribution in [-0.2, 0) is 11.2 Å². The van der Waals surface area contributed by atoms with Crippen LogP contribution in [0.25, 0.3) is 0 Å². The zero-order valence-electron chi connectivity index (χ0n) is 14.2. The Morgan fingerprint density at radius 2 is 2.20 bits per heavy atom. The largest absolute Gasteiger partial charge is 0.384 e. The van der Waals surface area contributed by atoms with Gasteiger partial charge in [-0.3, -0.25) is 4.79 Å². The zero-order valence-corrected chi connectivity index (χ0v) is 15.0. The van der Waals surface area contributed by atoms with E-state index in [1.54, 1.807) is 24.1 Å². The van der Waals surface area contributed by atoms with E-state index < -0.39 is 0 Å². The van der Waals surface area contributed by atoms with Crippen LogP contribution in [0, 0.1) is 5.82 Å². The minimum Gasteiger partial charge on any atom is -0.384 e. The lowest BCUT2D eigenvalue weighted by Crippen LogP contribution is -2.35. The predicted octanol–water partition coefficient (Wildman–Crippen LogP) is 2.22. The van der Waals surface area contributed by atoms with E-state index in [4.69, 9.17) is 4.74 Å². The van der Waals surface area contributed by atoms with Crippen LogP contribution < -0.4 is 4.90 Å². The van der Waals surface area contributed by atoms with Crippen LogP contribution >= 0.6 is 11.5 Å². The molecule has 2 heterocycles. The quantitative estimate of drug-likeness (QED) is 0.814. The van der Waals surface area contributed by atoms with Crippen LogP contribution in [0.2, 0.25) is 0 Å². The minimum absolute atomic E-state index is 0.126. The number of carbonyl (C=O) groups excluding carboxylic acids is 1. The van der Waals surface area contributed by atoms with Crippen LogP contribution in [-0.4, -0.2) is 60.1 Å². The maximum atomic E-state index is 13.3. The minimum atomic E-state index is -0.389. The van der Waals surface area contributed by atoms with E-state index in [0.29, 0.717) is 38.2 Å². The fourth-order valence-electron chi connectivity index (χ4n) is 2.78. The molecule has 0 spiro atoms. The van der Waals surface area contributed by atoms with Gasteiger partial charge < -0.3 is 14.5 Å². The number of anilines is 1. The fraction of sp³-hybridized carbons (Fsp3) is 0.471. The molecule has 0 radical (unpaired) electrons. The van der Waals surface area contributed by atoms with Gasteiger partial charge in [-0.25, -0.2) is 9.37 Å². The summed E-state index contributed by atoms with van der Waals surface area (Å²) in [4.78, 5) is 21.1. The Bertz CT molecular complexity index is 724. The highest BCUT2D eigenvalue weighted by atomic mass is 32.1. The molecule has 25 heavy (non-hydrogen) atoms. The molecule has 1 aliphatic heterocycles. The number of aromatic nitrogens is 2. The Hall–Kier alpha value is -2.06. The molecule has 0 bridgehead atoms. The topological polar surface area (TPSA) is 58.6 Å². The molecule has 1 amide bonds. The molecule has 0 aliphatic carbocycles. The van der Waals surface area contributed by atoms with Crippen molar-refractivity contribution in [2.75, 3.05) is 44.8 Å². The summed E-state index contributed by atoms with van der Waals surface area (Å²) in [6, 6.07) is 5.85. The number of hydrogen-bond donors (Lipinski definition) is 0. The van der Waals surface area contributed by atoms with Crippen molar-refractivity contribution in [3.05, 3.63) is 41.5 Å². The molecule has 1 saturated heterocycles. The first-order valence-corrected chi connectivity index (χ1v) is 9.06. The highest BCUT2D eigenvalue weighted by molar-refractivity contribution is 7.09. The van der Waals surface area contributed by atoms with Gasteiger partial charge in [-0.15, -0.1) is 0 Å². The molecule has 3 rings (SSSR count). The lowest BCUT2D eigenvalue weighted by molar-refractivity contribution is 0.0766. The van der Waals surface area contributed by atoms with Crippen molar-refractivity contribution in [2.24, 2.45) is 0 Å². The molecule has 1 aromatic carbocycles. The van der Waals surface area contributed by atoms with E-state index in [9.17, 15) is 9.18 Å². The van der Waals surface area contributed by atoms with Gasteiger partial charge in [-0.2, -0.15) is 4.37 Å². The van der Waals surface area contributed by atoms with Crippen LogP contribution in [0.5, 0.6) is 0 Å². The number of carbonyl (C=O) groups is 1. The first-order chi connectivity index (χ1) is 12.2. The molecule has 0 atom stereocenters. The fourth-order valence-corrected chi connectivity index (χ4v) is 3.55. The van der Waals surface area contributed by atoms with Crippen molar-refractivity contribution in [2.45, 2.75) is 12.8 Å². The van der Waals surface area contributed by atoms with Gasteiger partial charge in [-0.1, -0.05) is 6.07 Å². The molecule has 2 aromatic rings. The van der Waals surface area contributed by atoms with Crippen molar-refractivity contribution in [1.82, 2.24) is 14.3 Å². The highest BCUT2D eigenvalue weighted by Crippen LogP contribution is 2.20. The van der Waals surface area contributed by atoms with Crippen LogP contribution in [0.15, 0.2) is 24.3 Å². The summed E-state index contributed by atoms with van der Waals surface area (Å²) in [7, 11) is 1.66. The molecular formula is C17H21FN4O2S. The van der Waals surface area contributed by atoms with Gasteiger partial charge in [-0.05, 0) is 24.6 Å². The highest BCUT2D eigenvalue weighted by Gasteiger charge is 2.22. The van der Waals surface area contributed by atoms with E-state index in [1.165, 1.54) is 23.7 Å². The number of ether oxygens (including phenoxy) is 1.